The third kappa shape index (κ3) is 5.38. The Kier molecular flexibility index (Phi) is 7.38. The van der Waals surface area contributed by atoms with Crippen molar-refractivity contribution in [2.45, 2.75) is 45.4 Å². The quantitative estimate of drug-likeness (QED) is 0.785. The predicted octanol–water partition coefficient (Wildman–Crippen LogP) is 4.75. The zero-order chi connectivity index (χ0) is 17.5. The lowest BCUT2D eigenvalue weighted by atomic mass is 9.88. The van der Waals surface area contributed by atoms with Gasteiger partial charge in [0.15, 0.2) is 0 Å². The molecule has 0 atom stereocenters. The van der Waals surface area contributed by atoms with Crippen molar-refractivity contribution in [1.82, 2.24) is 4.90 Å². The molecule has 1 saturated carbocycles. The second-order valence-corrected chi connectivity index (χ2v) is 7.11. The van der Waals surface area contributed by atoms with Crippen molar-refractivity contribution in [3.8, 4) is 0 Å². The topological polar surface area (TPSA) is 49.4 Å². The van der Waals surface area contributed by atoms with Gasteiger partial charge in [0.1, 0.15) is 0 Å². The van der Waals surface area contributed by atoms with E-state index in [9.17, 15) is 9.59 Å². The average Bonchev–Trinajstić information content (AvgIpc) is 2.57. The van der Waals surface area contributed by atoms with E-state index in [1.54, 1.807) is 23.1 Å². The normalized spacial score (nSPS) is 15.1. The highest BCUT2D eigenvalue weighted by Gasteiger charge is 2.26. The van der Waals surface area contributed by atoms with Gasteiger partial charge in [-0.2, -0.15) is 0 Å². The first-order valence-corrected chi connectivity index (χ1v) is 9.30. The number of carbonyl (C=O) groups excluding carboxylic acids is 2. The summed E-state index contributed by atoms with van der Waals surface area (Å²) in [4.78, 5) is 26.7. The SMILES string of the molecule is CCCN(CC(=O)Nc1ccc(Cl)cc1Cl)C(=O)C1CCCCC1. The van der Waals surface area contributed by atoms with Crippen LogP contribution in [-0.4, -0.2) is 29.8 Å². The Morgan fingerprint density at radius 2 is 1.92 bits per heavy atom. The van der Waals surface area contributed by atoms with E-state index in [1.165, 1.54) is 6.42 Å². The largest absolute Gasteiger partial charge is 0.333 e. The monoisotopic (exact) mass is 370 g/mol. The molecule has 0 aromatic heterocycles. The molecule has 24 heavy (non-hydrogen) atoms. The molecule has 1 fully saturated rings. The molecule has 0 bridgehead atoms. The molecule has 0 aliphatic heterocycles. The van der Waals surface area contributed by atoms with Crippen LogP contribution in [0.15, 0.2) is 18.2 Å². The van der Waals surface area contributed by atoms with Gasteiger partial charge >= 0.3 is 0 Å². The number of halogens is 2. The van der Waals surface area contributed by atoms with Crippen LogP contribution in [0.1, 0.15) is 45.4 Å². The molecule has 0 radical (unpaired) electrons. The lowest BCUT2D eigenvalue weighted by Crippen LogP contribution is -2.42. The molecule has 0 saturated heterocycles. The second-order valence-electron chi connectivity index (χ2n) is 6.27. The van der Waals surface area contributed by atoms with Crippen molar-refractivity contribution in [2.75, 3.05) is 18.4 Å². The summed E-state index contributed by atoms with van der Waals surface area (Å²) in [5.41, 5.74) is 0.507. The minimum Gasteiger partial charge on any atom is -0.333 e. The van der Waals surface area contributed by atoms with Gasteiger partial charge in [-0.25, -0.2) is 0 Å². The number of hydrogen-bond donors (Lipinski definition) is 1. The Hall–Kier alpha value is -1.26. The van der Waals surface area contributed by atoms with Crippen molar-refractivity contribution in [3.63, 3.8) is 0 Å². The van der Waals surface area contributed by atoms with Crippen LogP contribution in [-0.2, 0) is 9.59 Å². The van der Waals surface area contributed by atoms with E-state index in [0.717, 1.165) is 32.1 Å². The highest BCUT2D eigenvalue weighted by atomic mass is 35.5. The number of nitrogens with zero attached hydrogens (tertiary/aromatic N) is 1. The molecule has 1 aliphatic rings. The van der Waals surface area contributed by atoms with Crippen molar-refractivity contribution in [1.29, 1.82) is 0 Å². The number of carbonyl (C=O) groups is 2. The number of benzene rings is 1. The lowest BCUT2D eigenvalue weighted by Gasteiger charge is -2.28. The first-order valence-electron chi connectivity index (χ1n) is 8.55. The molecular formula is C18H24Cl2N2O2. The minimum absolute atomic E-state index is 0.0577. The van der Waals surface area contributed by atoms with Crippen LogP contribution in [0.3, 0.4) is 0 Å². The fourth-order valence-corrected chi connectivity index (χ4v) is 3.55. The van der Waals surface area contributed by atoms with E-state index in [4.69, 9.17) is 23.2 Å². The fourth-order valence-electron chi connectivity index (χ4n) is 3.10. The van der Waals surface area contributed by atoms with Gasteiger partial charge in [0.2, 0.25) is 11.8 Å². The van der Waals surface area contributed by atoms with Gasteiger partial charge in [0.05, 0.1) is 17.3 Å². The van der Waals surface area contributed by atoms with E-state index in [-0.39, 0.29) is 24.3 Å². The highest BCUT2D eigenvalue weighted by Crippen LogP contribution is 2.27. The molecule has 0 spiro atoms. The Labute approximate surface area is 153 Å². The standard InChI is InChI=1S/C18H24Cl2N2O2/c1-2-10-22(18(24)13-6-4-3-5-7-13)12-17(23)21-16-9-8-14(19)11-15(16)20/h8-9,11,13H,2-7,10,12H2,1H3,(H,21,23). The summed E-state index contributed by atoms with van der Waals surface area (Å²) in [7, 11) is 0. The van der Waals surface area contributed by atoms with Crippen LogP contribution in [0.4, 0.5) is 5.69 Å². The van der Waals surface area contributed by atoms with Gasteiger partial charge in [-0.1, -0.05) is 49.4 Å². The number of anilines is 1. The second kappa shape index (κ2) is 9.28. The van der Waals surface area contributed by atoms with E-state index < -0.39 is 0 Å². The molecule has 1 aliphatic carbocycles. The van der Waals surface area contributed by atoms with Gasteiger partial charge in [0, 0.05) is 17.5 Å². The third-order valence-electron chi connectivity index (χ3n) is 4.30. The van der Waals surface area contributed by atoms with Gasteiger partial charge < -0.3 is 10.2 Å². The van der Waals surface area contributed by atoms with Crippen LogP contribution in [0.5, 0.6) is 0 Å². The van der Waals surface area contributed by atoms with Crippen molar-refractivity contribution in [2.24, 2.45) is 5.92 Å². The average molecular weight is 371 g/mol. The maximum atomic E-state index is 12.7. The summed E-state index contributed by atoms with van der Waals surface area (Å²) in [6.07, 6.45) is 6.10. The molecule has 132 valence electrons. The third-order valence-corrected chi connectivity index (χ3v) is 4.85. The van der Waals surface area contributed by atoms with Gasteiger partial charge in [-0.15, -0.1) is 0 Å². The Morgan fingerprint density at radius 1 is 1.21 bits per heavy atom. The van der Waals surface area contributed by atoms with Gasteiger partial charge in [0.25, 0.3) is 0 Å². The summed E-state index contributed by atoms with van der Waals surface area (Å²) < 4.78 is 0. The van der Waals surface area contributed by atoms with Gasteiger partial charge in [-0.05, 0) is 37.5 Å². The summed E-state index contributed by atoms with van der Waals surface area (Å²) in [6, 6.07) is 4.91. The smallest absolute Gasteiger partial charge is 0.244 e. The van der Waals surface area contributed by atoms with Crippen LogP contribution in [0.25, 0.3) is 0 Å². The summed E-state index contributed by atoms with van der Waals surface area (Å²) in [5.74, 6) is -0.0667. The van der Waals surface area contributed by atoms with E-state index in [0.29, 0.717) is 22.3 Å². The van der Waals surface area contributed by atoms with E-state index in [1.807, 2.05) is 6.92 Å². The van der Waals surface area contributed by atoms with Crippen LogP contribution in [0, 0.1) is 5.92 Å². The summed E-state index contributed by atoms with van der Waals surface area (Å²) in [6.45, 7) is 2.66. The Morgan fingerprint density at radius 3 is 2.54 bits per heavy atom. The van der Waals surface area contributed by atoms with E-state index >= 15 is 0 Å². The number of nitrogens with one attached hydrogen (secondary N) is 1. The number of amides is 2. The minimum atomic E-state index is -0.239. The maximum Gasteiger partial charge on any atom is 0.244 e. The molecule has 2 rings (SSSR count). The molecular weight excluding hydrogens is 347 g/mol. The van der Waals surface area contributed by atoms with Crippen LogP contribution >= 0.6 is 23.2 Å². The zero-order valence-electron chi connectivity index (χ0n) is 14.0. The van der Waals surface area contributed by atoms with Crippen LogP contribution in [0.2, 0.25) is 10.0 Å². The number of rotatable bonds is 6. The lowest BCUT2D eigenvalue weighted by molar-refractivity contribution is -0.139. The summed E-state index contributed by atoms with van der Waals surface area (Å²) in [5, 5.41) is 3.66. The molecule has 6 heteroatoms. The number of hydrogen-bond acceptors (Lipinski definition) is 2. The van der Waals surface area contributed by atoms with Crippen molar-refractivity contribution in [3.05, 3.63) is 28.2 Å². The molecule has 4 nitrogen and oxygen atoms in total. The molecule has 1 aromatic carbocycles. The first kappa shape index (κ1) is 19.1. The van der Waals surface area contributed by atoms with Crippen LogP contribution < -0.4 is 5.32 Å². The summed E-state index contributed by atoms with van der Waals surface area (Å²) >= 11 is 11.9. The van der Waals surface area contributed by atoms with Crippen molar-refractivity contribution < 1.29 is 9.59 Å². The zero-order valence-corrected chi connectivity index (χ0v) is 15.5. The molecule has 1 aromatic rings. The Balaban J connectivity index is 1.98. The molecule has 2 amide bonds. The van der Waals surface area contributed by atoms with Crippen molar-refractivity contribution >= 4 is 40.7 Å². The first-order chi connectivity index (χ1) is 11.5. The fraction of sp³-hybridized carbons (Fsp3) is 0.556. The van der Waals surface area contributed by atoms with Gasteiger partial charge in [-0.3, -0.25) is 9.59 Å². The Bertz CT molecular complexity index is 586. The molecule has 0 unspecified atom stereocenters. The highest BCUT2D eigenvalue weighted by molar-refractivity contribution is 6.36. The molecule has 1 N–H and O–H groups in total. The van der Waals surface area contributed by atoms with E-state index in [2.05, 4.69) is 5.32 Å². The predicted molar refractivity (Wildman–Crippen MR) is 98.5 cm³/mol. The maximum absolute atomic E-state index is 12.7. The molecule has 0 heterocycles.